The summed E-state index contributed by atoms with van der Waals surface area (Å²) in [7, 11) is 0. The smallest absolute Gasteiger partial charge is 0.0595 e. The van der Waals surface area contributed by atoms with Crippen LogP contribution in [0.2, 0.25) is 10.0 Å². The third kappa shape index (κ3) is 3.81. The molecule has 4 heteroatoms. The summed E-state index contributed by atoms with van der Waals surface area (Å²) in [5, 5.41) is 4.81. The molecule has 1 aliphatic carbocycles. The van der Waals surface area contributed by atoms with Gasteiger partial charge in [0.1, 0.15) is 0 Å². The fourth-order valence-corrected chi connectivity index (χ4v) is 2.36. The SMILES string of the molecule is Cl.Clc1ccc(CNC2CCCC2)cc1Cl. The molecule has 0 aliphatic heterocycles. The Morgan fingerprint density at radius 1 is 1.12 bits per heavy atom. The highest BCUT2D eigenvalue weighted by Crippen LogP contribution is 2.23. The Morgan fingerprint density at radius 2 is 1.81 bits per heavy atom. The number of halogens is 3. The number of hydrogen-bond donors (Lipinski definition) is 1. The van der Waals surface area contributed by atoms with Crippen LogP contribution in [0, 0.1) is 0 Å². The minimum atomic E-state index is 0. The molecular formula is C12H16Cl3N. The van der Waals surface area contributed by atoms with Crippen molar-refractivity contribution >= 4 is 35.6 Å². The first-order valence-corrected chi connectivity index (χ1v) is 6.18. The zero-order valence-corrected chi connectivity index (χ0v) is 11.3. The minimum Gasteiger partial charge on any atom is -0.310 e. The van der Waals surface area contributed by atoms with Gasteiger partial charge in [-0.25, -0.2) is 0 Å². The van der Waals surface area contributed by atoms with Crippen LogP contribution in [0.4, 0.5) is 0 Å². The van der Waals surface area contributed by atoms with Crippen LogP contribution in [0.5, 0.6) is 0 Å². The van der Waals surface area contributed by atoms with E-state index in [-0.39, 0.29) is 12.4 Å². The van der Waals surface area contributed by atoms with Crippen molar-refractivity contribution in [3.8, 4) is 0 Å². The molecule has 1 saturated carbocycles. The molecule has 0 atom stereocenters. The fraction of sp³-hybridized carbons (Fsp3) is 0.500. The number of rotatable bonds is 3. The predicted molar refractivity (Wildman–Crippen MR) is 72.8 cm³/mol. The van der Waals surface area contributed by atoms with Crippen molar-refractivity contribution in [2.24, 2.45) is 0 Å². The molecule has 16 heavy (non-hydrogen) atoms. The second kappa shape index (κ2) is 6.70. The van der Waals surface area contributed by atoms with Crippen molar-refractivity contribution in [1.29, 1.82) is 0 Å². The van der Waals surface area contributed by atoms with E-state index in [1.165, 1.54) is 31.2 Å². The number of benzene rings is 1. The predicted octanol–water partition coefficient (Wildman–Crippen LogP) is 4.45. The average Bonchev–Trinajstić information content (AvgIpc) is 2.73. The van der Waals surface area contributed by atoms with Crippen LogP contribution in [-0.4, -0.2) is 6.04 Å². The van der Waals surface area contributed by atoms with Gasteiger partial charge in [0, 0.05) is 12.6 Å². The molecule has 1 aromatic carbocycles. The third-order valence-electron chi connectivity index (χ3n) is 2.93. The Labute approximate surface area is 113 Å². The molecule has 1 aromatic rings. The highest BCUT2D eigenvalue weighted by Gasteiger charge is 2.13. The van der Waals surface area contributed by atoms with Crippen molar-refractivity contribution in [1.82, 2.24) is 5.32 Å². The van der Waals surface area contributed by atoms with E-state index in [4.69, 9.17) is 23.2 Å². The molecule has 1 aliphatic rings. The average molecular weight is 281 g/mol. The van der Waals surface area contributed by atoms with Crippen LogP contribution in [0.1, 0.15) is 31.2 Å². The van der Waals surface area contributed by atoms with Crippen molar-refractivity contribution in [2.45, 2.75) is 38.3 Å². The summed E-state index contributed by atoms with van der Waals surface area (Å²) in [6.45, 7) is 0.890. The lowest BCUT2D eigenvalue weighted by molar-refractivity contribution is 0.524. The molecular weight excluding hydrogens is 264 g/mol. The van der Waals surface area contributed by atoms with Crippen LogP contribution in [0.15, 0.2) is 18.2 Å². The van der Waals surface area contributed by atoms with Gasteiger partial charge in [-0.1, -0.05) is 42.1 Å². The Morgan fingerprint density at radius 3 is 2.44 bits per heavy atom. The molecule has 0 bridgehead atoms. The van der Waals surface area contributed by atoms with Crippen LogP contribution < -0.4 is 5.32 Å². The van der Waals surface area contributed by atoms with Gasteiger partial charge in [0.05, 0.1) is 10.0 Å². The van der Waals surface area contributed by atoms with Gasteiger partial charge in [0.25, 0.3) is 0 Å². The number of nitrogens with one attached hydrogen (secondary N) is 1. The zero-order valence-electron chi connectivity index (χ0n) is 9.01. The normalized spacial score (nSPS) is 16.1. The van der Waals surface area contributed by atoms with Gasteiger partial charge in [0.15, 0.2) is 0 Å². The van der Waals surface area contributed by atoms with E-state index in [1.54, 1.807) is 0 Å². The Bertz CT molecular complexity index is 335. The van der Waals surface area contributed by atoms with Gasteiger partial charge < -0.3 is 5.32 Å². The lowest BCUT2D eigenvalue weighted by Gasteiger charge is -2.11. The van der Waals surface area contributed by atoms with E-state index in [9.17, 15) is 0 Å². The summed E-state index contributed by atoms with van der Waals surface area (Å²) in [5.41, 5.74) is 1.20. The second-order valence-corrected chi connectivity index (χ2v) is 4.93. The van der Waals surface area contributed by atoms with Gasteiger partial charge in [0.2, 0.25) is 0 Å². The zero-order chi connectivity index (χ0) is 10.7. The minimum absolute atomic E-state index is 0. The van der Waals surface area contributed by atoms with Crippen molar-refractivity contribution < 1.29 is 0 Å². The maximum absolute atomic E-state index is 5.95. The summed E-state index contributed by atoms with van der Waals surface area (Å²) < 4.78 is 0. The summed E-state index contributed by atoms with van der Waals surface area (Å²) in [4.78, 5) is 0. The molecule has 0 amide bonds. The highest BCUT2D eigenvalue weighted by molar-refractivity contribution is 6.42. The van der Waals surface area contributed by atoms with Gasteiger partial charge in [-0.15, -0.1) is 12.4 Å². The van der Waals surface area contributed by atoms with E-state index in [0.29, 0.717) is 16.1 Å². The lowest BCUT2D eigenvalue weighted by atomic mass is 10.2. The van der Waals surface area contributed by atoms with Gasteiger partial charge in [-0.2, -0.15) is 0 Å². The largest absolute Gasteiger partial charge is 0.310 e. The maximum atomic E-state index is 5.95. The summed E-state index contributed by atoms with van der Waals surface area (Å²) in [6, 6.07) is 6.51. The van der Waals surface area contributed by atoms with E-state index >= 15 is 0 Å². The summed E-state index contributed by atoms with van der Waals surface area (Å²) in [5.74, 6) is 0. The fourth-order valence-electron chi connectivity index (χ4n) is 2.04. The maximum Gasteiger partial charge on any atom is 0.0595 e. The molecule has 0 radical (unpaired) electrons. The van der Waals surface area contributed by atoms with E-state index < -0.39 is 0 Å². The molecule has 0 spiro atoms. The molecule has 1 fully saturated rings. The molecule has 2 rings (SSSR count). The molecule has 1 N–H and O–H groups in total. The summed E-state index contributed by atoms with van der Waals surface area (Å²) in [6.07, 6.45) is 5.33. The lowest BCUT2D eigenvalue weighted by Crippen LogP contribution is -2.25. The summed E-state index contributed by atoms with van der Waals surface area (Å²) >= 11 is 11.8. The van der Waals surface area contributed by atoms with Crippen LogP contribution in [0.3, 0.4) is 0 Å². The first-order valence-electron chi connectivity index (χ1n) is 5.43. The van der Waals surface area contributed by atoms with Crippen molar-refractivity contribution in [3.63, 3.8) is 0 Å². The van der Waals surface area contributed by atoms with E-state index in [2.05, 4.69) is 5.32 Å². The molecule has 0 heterocycles. The first-order chi connectivity index (χ1) is 7.25. The molecule has 1 nitrogen and oxygen atoms in total. The van der Waals surface area contributed by atoms with Crippen molar-refractivity contribution in [3.05, 3.63) is 33.8 Å². The van der Waals surface area contributed by atoms with Gasteiger partial charge >= 0.3 is 0 Å². The Balaban J connectivity index is 0.00000128. The monoisotopic (exact) mass is 279 g/mol. The quantitative estimate of drug-likeness (QED) is 0.863. The van der Waals surface area contributed by atoms with Gasteiger partial charge in [-0.05, 0) is 30.5 Å². The Kier molecular flexibility index (Phi) is 5.91. The standard InChI is InChI=1S/C12H15Cl2N.ClH/c13-11-6-5-9(7-12(11)14)8-15-10-3-1-2-4-10;/h5-7,10,15H,1-4,8H2;1H. The number of hydrogen-bond acceptors (Lipinski definition) is 1. The topological polar surface area (TPSA) is 12.0 Å². The van der Waals surface area contributed by atoms with Crippen LogP contribution >= 0.6 is 35.6 Å². The molecule has 0 aromatic heterocycles. The van der Waals surface area contributed by atoms with E-state index in [1.807, 2.05) is 18.2 Å². The first kappa shape index (κ1) is 14.1. The highest BCUT2D eigenvalue weighted by atomic mass is 35.5. The third-order valence-corrected chi connectivity index (χ3v) is 3.67. The molecule has 0 saturated heterocycles. The van der Waals surface area contributed by atoms with E-state index in [0.717, 1.165) is 6.54 Å². The Hall–Kier alpha value is 0.0500. The van der Waals surface area contributed by atoms with Gasteiger partial charge in [-0.3, -0.25) is 0 Å². The van der Waals surface area contributed by atoms with Crippen molar-refractivity contribution in [2.75, 3.05) is 0 Å². The molecule has 0 unspecified atom stereocenters. The molecule has 90 valence electrons. The van der Waals surface area contributed by atoms with Crippen LogP contribution in [-0.2, 0) is 6.54 Å². The second-order valence-electron chi connectivity index (χ2n) is 4.11. The van der Waals surface area contributed by atoms with Crippen LogP contribution in [0.25, 0.3) is 0 Å².